The second kappa shape index (κ2) is 4.78. The van der Waals surface area contributed by atoms with Gasteiger partial charge in [-0.15, -0.1) is 11.3 Å². The normalized spacial score (nSPS) is 10.4. The minimum Gasteiger partial charge on any atom is -0.496 e. The average molecular weight is 263 g/mol. The third-order valence-corrected chi connectivity index (χ3v) is 3.76. The van der Waals surface area contributed by atoms with Crippen molar-refractivity contribution in [3.63, 3.8) is 0 Å². The molecular formula is C13H13NO3S. The van der Waals surface area contributed by atoms with Crippen LogP contribution in [0.5, 0.6) is 5.75 Å². The first-order chi connectivity index (χ1) is 8.52. The van der Waals surface area contributed by atoms with Gasteiger partial charge in [-0.1, -0.05) is 6.07 Å². The summed E-state index contributed by atoms with van der Waals surface area (Å²) >= 11 is 1.17. The second-order valence-electron chi connectivity index (χ2n) is 3.94. The van der Waals surface area contributed by atoms with Crippen molar-refractivity contribution in [3.8, 4) is 16.3 Å². The lowest BCUT2D eigenvalue weighted by atomic mass is 10.1. The number of carboxylic acid groups (broad SMARTS) is 1. The molecule has 0 saturated carbocycles. The standard InChI is InChI=1S/C13H13NO3S/c1-7-4-5-9(10(6-7)17-3)12-14-8(2)11(18-12)13(15)16/h4-6H,1-3H3,(H,15,16). The van der Waals surface area contributed by atoms with Gasteiger partial charge in [0.2, 0.25) is 0 Å². The van der Waals surface area contributed by atoms with Gasteiger partial charge in [-0.3, -0.25) is 0 Å². The summed E-state index contributed by atoms with van der Waals surface area (Å²) in [5.74, 6) is -0.233. The number of hydrogen-bond donors (Lipinski definition) is 1. The van der Waals surface area contributed by atoms with Gasteiger partial charge < -0.3 is 9.84 Å². The molecule has 5 heteroatoms. The van der Waals surface area contributed by atoms with Crippen LogP contribution in [0.25, 0.3) is 10.6 Å². The highest BCUT2D eigenvalue weighted by molar-refractivity contribution is 7.17. The number of hydrogen-bond acceptors (Lipinski definition) is 4. The summed E-state index contributed by atoms with van der Waals surface area (Å²) in [5.41, 5.74) is 2.44. The van der Waals surface area contributed by atoms with Gasteiger partial charge in [0.05, 0.1) is 18.4 Å². The van der Waals surface area contributed by atoms with E-state index in [9.17, 15) is 4.79 Å². The first kappa shape index (κ1) is 12.6. The Morgan fingerprint density at radius 3 is 2.67 bits per heavy atom. The van der Waals surface area contributed by atoms with E-state index < -0.39 is 5.97 Å². The monoisotopic (exact) mass is 263 g/mol. The van der Waals surface area contributed by atoms with Crippen molar-refractivity contribution in [2.45, 2.75) is 13.8 Å². The molecule has 0 aliphatic heterocycles. The van der Waals surface area contributed by atoms with Crippen LogP contribution in [0.1, 0.15) is 20.9 Å². The number of thiazole rings is 1. The van der Waals surface area contributed by atoms with E-state index in [1.54, 1.807) is 14.0 Å². The van der Waals surface area contributed by atoms with Crippen LogP contribution in [0.15, 0.2) is 18.2 Å². The first-order valence-corrected chi connectivity index (χ1v) is 6.20. The van der Waals surface area contributed by atoms with Crippen LogP contribution in [0.4, 0.5) is 0 Å². The van der Waals surface area contributed by atoms with Crippen molar-refractivity contribution in [3.05, 3.63) is 34.3 Å². The Bertz CT molecular complexity index is 604. The molecule has 0 spiro atoms. The quantitative estimate of drug-likeness (QED) is 0.924. The van der Waals surface area contributed by atoms with E-state index in [0.717, 1.165) is 11.1 Å². The van der Waals surface area contributed by atoms with Gasteiger partial charge in [0, 0.05) is 0 Å². The number of carbonyl (C=O) groups is 1. The van der Waals surface area contributed by atoms with Crippen LogP contribution >= 0.6 is 11.3 Å². The molecule has 0 atom stereocenters. The number of aromatic carboxylic acids is 1. The molecular weight excluding hydrogens is 250 g/mol. The second-order valence-corrected chi connectivity index (χ2v) is 4.94. The topological polar surface area (TPSA) is 59.4 Å². The number of carboxylic acids is 1. The molecule has 18 heavy (non-hydrogen) atoms. The Kier molecular flexibility index (Phi) is 3.34. The van der Waals surface area contributed by atoms with Crippen molar-refractivity contribution in [2.24, 2.45) is 0 Å². The zero-order valence-electron chi connectivity index (χ0n) is 10.4. The summed E-state index contributed by atoms with van der Waals surface area (Å²) in [7, 11) is 1.59. The van der Waals surface area contributed by atoms with Crippen molar-refractivity contribution >= 4 is 17.3 Å². The fourth-order valence-corrected chi connectivity index (χ4v) is 2.62. The van der Waals surface area contributed by atoms with E-state index in [-0.39, 0.29) is 4.88 Å². The molecule has 2 rings (SSSR count). The molecule has 1 N–H and O–H groups in total. The van der Waals surface area contributed by atoms with Crippen LogP contribution in [-0.2, 0) is 0 Å². The summed E-state index contributed by atoms with van der Waals surface area (Å²) in [6.45, 7) is 3.67. The lowest BCUT2D eigenvalue weighted by molar-refractivity contribution is 0.0701. The minimum absolute atomic E-state index is 0.271. The van der Waals surface area contributed by atoms with E-state index in [1.165, 1.54) is 11.3 Å². The predicted octanol–water partition coefficient (Wildman–Crippen LogP) is 3.13. The van der Waals surface area contributed by atoms with E-state index in [1.807, 2.05) is 25.1 Å². The van der Waals surface area contributed by atoms with Gasteiger partial charge in [-0.2, -0.15) is 0 Å². The van der Waals surface area contributed by atoms with Gasteiger partial charge in [-0.05, 0) is 31.5 Å². The van der Waals surface area contributed by atoms with Crippen LogP contribution in [0.2, 0.25) is 0 Å². The maximum Gasteiger partial charge on any atom is 0.347 e. The average Bonchev–Trinajstić information content (AvgIpc) is 2.71. The summed E-state index contributed by atoms with van der Waals surface area (Å²) in [4.78, 5) is 15.6. The number of ether oxygens (including phenoxy) is 1. The minimum atomic E-state index is -0.942. The summed E-state index contributed by atoms with van der Waals surface area (Å²) in [5, 5.41) is 9.70. The number of nitrogens with zero attached hydrogens (tertiary/aromatic N) is 1. The highest BCUT2D eigenvalue weighted by atomic mass is 32.1. The fourth-order valence-electron chi connectivity index (χ4n) is 1.69. The molecule has 1 aromatic carbocycles. The lowest BCUT2D eigenvalue weighted by Crippen LogP contribution is -1.94. The molecule has 0 unspecified atom stereocenters. The molecule has 0 radical (unpaired) electrons. The Labute approximate surface area is 109 Å². The third-order valence-electron chi connectivity index (χ3n) is 2.58. The zero-order chi connectivity index (χ0) is 13.3. The summed E-state index contributed by atoms with van der Waals surface area (Å²) in [6, 6.07) is 5.76. The van der Waals surface area contributed by atoms with Gasteiger partial charge >= 0.3 is 5.97 Å². The Balaban J connectivity index is 2.55. The molecule has 0 bridgehead atoms. The summed E-state index contributed by atoms with van der Waals surface area (Å²) < 4.78 is 5.31. The van der Waals surface area contributed by atoms with Crippen molar-refractivity contribution in [1.29, 1.82) is 0 Å². The number of methoxy groups -OCH3 is 1. The number of benzene rings is 1. The Morgan fingerprint density at radius 2 is 2.11 bits per heavy atom. The van der Waals surface area contributed by atoms with Gasteiger partial charge in [0.1, 0.15) is 15.6 Å². The van der Waals surface area contributed by atoms with Gasteiger partial charge in [0.15, 0.2) is 0 Å². The lowest BCUT2D eigenvalue weighted by Gasteiger charge is -2.06. The number of rotatable bonds is 3. The molecule has 0 aliphatic rings. The predicted molar refractivity (Wildman–Crippen MR) is 70.5 cm³/mol. The van der Waals surface area contributed by atoms with Crippen molar-refractivity contribution < 1.29 is 14.6 Å². The SMILES string of the molecule is COc1cc(C)ccc1-c1nc(C)c(C(=O)O)s1. The number of aryl methyl sites for hydroxylation is 2. The van der Waals surface area contributed by atoms with Crippen LogP contribution in [-0.4, -0.2) is 23.2 Å². The Morgan fingerprint density at radius 1 is 1.39 bits per heavy atom. The molecule has 4 nitrogen and oxygen atoms in total. The molecule has 0 amide bonds. The van der Waals surface area contributed by atoms with Crippen molar-refractivity contribution in [2.75, 3.05) is 7.11 Å². The molecule has 1 aromatic heterocycles. The van der Waals surface area contributed by atoms with Gasteiger partial charge in [-0.25, -0.2) is 9.78 Å². The van der Waals surface area contributed by atoms with Crippen LogP contribution in [0.3, 0.4) is 0 Å². The molecule has 0 saturated heterocycles. The molecule has 2 aromatic rings. The van der Waals surface area contributed by atoms with E-state index in [2.05, 4.69) is 4.98 Å². The Hall–Kier alpha value is -1.88. The highest BCUT2D eigenvalue weighted by Crippen LogP contribution is 2.34. The zero-order valence-corrected chi connectivity index (χ0v) is 11.2. The van der Waals surface area contributed by atoms with E-state index >= 15 is 0 Å². The largest absolute Gasteiger partial charge is 0.496 e. The van der Waals surface area contributed by atoms with Crippen LogP contribution in [0, 0.1) is 13.8 Å². The third kappa shape index (κ3) is 2.22. The van der Waals surface area contributed by atoms with Crippen LogP contribution < -0.4 is 4.74 Å². The highest BCUT2D eigenvalue weighted by Gasteiger charge is 2.17. The molecule has 0 fully saturated rings. The maximum absolute atomic E-state index is 11.0. The van der Waals surface area contributed by atoms with Crippen molar-refractivity contribution in [1.82, 2.24) is 4.98 Å². The fraction of sp³-hybridized carbons (Fsp3) is 0.231. The van der Waals surface area contributed by atoms with Gasteiger partial charge in [0.25, 0.3) is 0 Å². The van der Waals surface area contributed by atoms with E-state index in [0.29, 0.717) is 16.5 Å². The number of aromatic nitrogens is 1. The smallest absolute Gasteiger partial charge is 0.347 e. The van der Waals surface area contributed by atoms with E-state index in [4.69, 9.17) is 9.84 Å². The molecule has 0 aliphatic carbocycles. The molecule has 1 heterocycles. The maximum atomic E-state index is 11.0. The molecule has 94 valence electrons. The summed E-state index contributed by atoms with van der Waals surface area (Å²) in [6.07, 6.45) is 0. The first-order valence-electron chi connectivity index (χ1n) is 5.38.